The first kappa shape index (κ1) is 21.5. The van der Waals surface area contributed by atoms with Gasteiger partial charge in [-0.05, 0) is 42.0 Å². The number of hydrogen-bond acceptors (Lipinski definition) is 4. The van der Waals surface area contributed by atoms with Crippen LogP contribution in [0.2, 0.25) is 0 Å². The van der Waals surface area contributed by atoms with E-state index in [1.807, 2.05) is 0 Å². The van der Waals surface area contributed by atoms with Crippen LogP contribution in [0.5, 0.6) is 0 Å². The highest BCUT2D eigenvalue weighted by Crippen LogP contribution is 2.21. The maximum absolute atomic E-state index is 13.3. The Bertz CT molecular complexity index is 986. The van der Waals surface area contributed by atoms with Gasteiger partial charge in [0.25, 0.3) is 0 Å². The maximum atomic E-state index is 13.3. The first-order chi connectivity index (χ1) is 12.6. The van der Waals surface area contributed by atoms with Crippen molar-refractivity contribution in [2.75, 3.05) is 20.1 Å². The maximum Gasteiger partial charge on any atom is 0.243 e. The minimum Gasteiger partial charge on any atom is -0.207 e. The Hall–Kier alpha value is -1.81. The summed E-state index contributed by atoms with van der Waals surface area (Å²) in [5.74, 6) is -0.441. The predicted octanol–water partition coefficient (Wildman–Crippen LogP) is 2.68. The molecule has 0 aliphatic rings. The summed E-state index contributed by atoms with van der Waals surface area (Å²) in [4.78, 5) is 0.0119. The van der Waals surface area contributed by atoms with Crippen LogP contribution in [-0.4, -0.2) is 45.6 Å². The number of rotatable bonds is 8. The highest BCUT2D eigenvalue weighted by molar-refractivity contribution is 7.89. The van der Waals surface area contributed by atoms with E-state index in [2.05, 4.69) is 0 Å². The van der Waals surface area contributed by atoms with Gasteiger partial charge < -0.3 is 0 Å². The van der Waals surface area contributed by atoms with Crippen LogP contribution in [0, 0.1) is 5.82 Å². The molecule has 0 amide bonds. The highest BCUT2D eigenvalue weighted by atomic mass is 32.2. The first-order valence-electron chi connectivity index (χ1n) is 8.44. The van der Waals surface area contributed by atoms with Crippen LogP contribution in [0.4, 0.5) is 4.39 Å². The van der Waals surface area contributed by atoms with Crippen molar-refractivity contribution >= 4 is 20.0 Å². The van der Waals surface area contributed by atoms with Gasteiger partial charge in [0.2, 0.25) is 20.0 Å². The van der Waals surface area contributed by atoms with E-state index in [9.17, 15) is 21.2 Å². The van der Waals surface area contributed by atoms with Gasteiger partial charge in [0, 0.05) is 26.7 Å². The molecule has 0 spiro atoms. The van der Waals surface area contributed by atoms with Crippen molar-refractivity contribution in [3.63, 3.8) is 0 Å². The lowest BCUT2D eigenvalue weighted by Gasteiger charge is -2.20. The summed E-state index contributed by atoms with van der Waals surface area (Å²) >= 11 is 0. The predicted molar refractivity (Wildman–Crippen MR) is 102 cm³/mol. The first-order valence-corrected chi connectivity index (χ1v) is 11.3. The molecule has 0 heterocycles. The lowest BCUT2D eigenvalue weighted by Crippen LogP contribution is -2.30. The molecule has 0 atom stereocenters. The topological polar surface area (TPSA) is 74.8 Å². The quantitative estimate of drug-likeness (QED) is 0.666. The van der Waals surface area contributed by atoms with Crippen LogP contribution in [0.3, 0.4) is 0 Å². The second-order valence-corrected chi connectivity index (χ2v) is 9.93. The van der Waals surface area contributed by atoms with E-state index in [4.69, 9.17) is 0 Å². The number of sulfonamides is 2. The molecule has 0 aliphatic heterocycles. The fourth-order valence-electron chi connectivity index (χ4n) is 2.65. The molecule has 0 unspecified atom stereocenters. The van der Waals surface area contributed by atoms with Crippen molar-refractivity contribution in [2.45, 2.75) is 30.2 Å². The summed E-state index contributed by atoms with van der Waals surface area (Å²) in [6, 6.07) is 10.8. The Morgan fingerprint density at radius 1 is 0.852 bits per heavy atom. The van der Waals surface area contributed by atoms with Crippen LogP contribution in [0.25, 0.3) is 0 Å². The fraction of sp³-hybridized carbons (Fsp3) is 0.333. The normalized spacial score (nSPS) is 12.7. The second kappa shape index (κ2) is 8.47. The lowest BCUT2D eigenvalue weighted by atomic mass is 10.2. The average Bonchev–Trinajstić information content (AvgIpc) is 2.62. The molecular formula is C18H23FN2O4S2. The van der Waals surface area contributed by atoms with Gasteiger partial charge in [0.05, 0.1) is 9.79 Å². The van der Waals surface area contributed by atoms with Gasteiger partial charge >= 0.3 is 0 Å². The van der Waals surface area contributed by atoms with Crippen LogP contribution in [-0.2, 0) is 26.6 Å². The Morgan fingerprint density at radius 3 is 1.85 bits per heavy atom. The Labute approximate surface area is 160 Å². The van der Waals surface area contributed by atoms with E-state index in [1.54, 1.807) is 19.9 Å². The zero-order valence-corrected chi connectivity index (χ0v) is 17.1. The van der Waals surface area contributed by atoms with E-state index in [-0.39, 0.29) is 16.3 Å². The summed E-state index contributed by atoms with van der Waals surface area (Å²) in [5.41, 5.74) is 0.516. The summed E-state index contributed by atoms with van der Waals surface area (Å²) < 4.78 is 66.1. The molecule has 27 heavy (non-hydrogen) atoms. The van der Waals surface area contributed by atoms with Crippen molar-refractivity contribution in [1.29, 1.82) is 0 Å². The third-order valence-electron chi connectivity index (χ3n) is 4.17. The molecule has 0 saturated carbocycles. The van der Waals surface area contributed by atoms with E-state index in [1.165, 1.54) is 53.8 Å². The van der Waals surface area contributed by atoms with Crippen molar-refractivity contribution < 1.29 is 21.2 Å². The second-order valence-electron chi connectivity index (χ2n) is 5.95. The molecule has 0 radical (unpaired) electrons. The minimum atomic E-state index is -3.84. The van der Waals surface area contributed by atoms with Crippen LogP contribution in [0.15, 0.2) is 58.3 Å². The SMILES string of the molecule is CCN(CC)S(=O)(=O)c1ccc(S(=O)(=O)N(C)Cc2cccc(F)c2)cc1. The summed E-state index contributed by atoms with van der Waals surface area (Å²) in [6.45, 7) is 4.13. The smallest absolute Gasteiger partial charge is 0.207 e. The van der Waals surface area contributed by atoms with Gasteiger partial charge in [0.15, 0.2) is 0 Å². The van der Waals surface area contributed by atoms with Crippen LogP contribution >= 0.6 is 0 Å². The molecule has 0 fully saturated rings. The number of nitrogens with zero attached hydrogens (tertiary/aromatic N) is 2. The zero-order valence-electron chi connectivity index (χ0n) is 15.5. The molecule has 148 valence electrons. The van der Waals surface area contributed by atoms with E-state index < -0.39 is 25.9 Å². The van der Waals surface area contributed by atoms with Crippen molar-refractivity contribution in [3.05, 3.63) is 59.9 Å². The Balaban J connectivity index is 2.27. The molecule has 6 nitrogen and oxygen atoms in total. The molecule has 2 rings (SSSR count). The highest BCUT2D eigenvalue weighted by Gasteiger charge is 2.24. The lowest BCUT2D eigenvalue weighted by molar-refractivity contribution is 0.445. The van der Waals surface area contributed by atoms with Gasteiger partial charge in [-0.3, -0.25) is 0 Å². The molecule has 0 aliphatic carbocycles. The van der Waals surface area contributed by atoms with Crippen molar-refractivity contribution in [3.8, 4) is 0 Å². The molecule has 2 aromatic carbocycles. The summed E-state index contributed by atoms with van der Waals surface area (Å²) in [5, 5.41) is 0. The van der Waals surface area contributed by atoms with Gasteiger partial charge in [-0.25, -0.2) is 21.2 Å². The number of hydrogen-bond donors (Lipinski definition) is 0. The van der Waals surface area contributed by atoms with E-state index in [0.717, 1.165) is 4.31 Å². The van der Waals surface area contributed by atoms with Crippen LogP contribution in [0.1, 0.15) is 19.4 Å². The average molecular weight is 415 g/mol. The van der Waals surface area contributed by atoms with E-state index >= 15 is 0 Å². The molecule has 0 saturated heterocycles. The minimum absolute atomic E-state index is 0.000406. The molecule has 0 N–H and O–H groups in total. The Morgan fingerprint density at radius 2 is 1.37 bits per heavy atom. The molecule has 9 heteroatoms. The van der Waals surface area contributed by atoms with E-state index in [0.29, 0.717) is 18.7 Å². The fourth-order valence-corrected chi connectivity index (χ4v) is 5.27. The van der Waals surface area contributed by atoms with Gasteiger partial charge in [-0.15, -0.1) is 0 Å². The van der Waals surface area contributed by atoms with Gasteiger partial charge in [-0.2, -0.15) is 8.61 Å². The van der Waals surface area contributed by atoms with Crippen molar-refractivity contribution in [1.82, 2.24) is 8.61 Å². The summed E-state index contributed by atoms with van der Waals surface area (Å²) in [7, 11) is -6.11. The number of halogens is 1. The zero-order chi connectivity index (χ0) is 20.2. The monoisotopic (exact) mass is 414 g/mol. The standard InChI is InChI=1S/C18H23FN2O4S2/c1-4-21(5-2)27(24,25)18-11-9-17(10-12-18)26(22,23)20(3)14-15-7-6-8-16(19)13-15/h6-13H,4-5,14H2,1-3H3. The van der Waals surface area contributed by atoms with Crippen molar-refractivity contribution in [2.24, 2.45) is 0 Å². The molecule has 0 bridgehead atoms. The Kier molecular flexibility index (Phi) is 6.74. The largest absolute Gasteiger partial charge is 0.243 e. The molecular weight excluding hydrogens is 391 g/mol. The van der Waals surface area contributed by atoms with Gasteiger partial charge in [-0.1, -0.05) is 26.0 Å². The third kappa shape index (κ3) is 4.73. The third-order valence-corrected chi connectivity index (χ3v) is 8.05. The number of benzene rings is 2. The molecule has 0 aromatic heterocycles. The summed E-state index contributed by atoms with van der Waals surface area (Å²) in [6.07, 6.45) is 0. The van der Waals surface area contributed by atoms with Gasteiger partial charge in [0.1, 0.15) is 5.82 Å². The van der Waals surface area contributed by atoms with Crippen LogP contribution < -0.4 is 0 Å². The molecule has 2 aromatic rings.